The summed E-state index contributed by atoms with van der Waals surface area (Å²) in [6.07, 6.45) is 0.957. The molecule has 1 aliphatic rings. The van der Waals surface area contributed by atoms with Crippen LogP contribution in [0, 0.1) is 5.82 Å². The summed E-state index contributed by atoms with van der Waals surface area (Å²) in [5, 5.41) is 17.3. The average molecular weight is 388 g/mol. The topological polar surface area (TPSA) is 49.3 Å². The maximum absolute atomic E-state index is 13.1. The second-order valence-electron chi connectivity index (χ2n) is 6.53. The fourth-order valence-corrected chi connectivity index (χ4v) is 4.75. The molecule has 3 nitrogen and oxygen atoms in total. The highest BCUT2D eigenvalue weighted by molar-refractivity contribution is 7.12. The third kappa shape index (κ3) is 3.32. The molecule has 0 spiro atoms. The molecule has 3 aromatic rings. The molecule has 1 aromatic carbocycles. The Morgan fingerprint density at radius 3 is 2.62 bits per heavy atom. The second kappa shape index (κ2) is 6.95. The number of carbonyl (C=O) groups is 1. The molecule has 0 saturated heterocycles. The molecule has 1 unspecified atom stereocenters. The second-order valence-corrected chi connectivity index (χ2v) is 8.51. The van der Waals surface area contributed by atoms with E-state index in [2.05, 4.69) is 5.32 Å². The zero-order chi connectivity index (χ0) is 18.1. The molecular formula is C20H18FNO2S2. The van der Waals surface area contributed by atoms with E-state index in [1.807, 2.05) is 29.0 Å². The summed E-state index contributed by atoms with van der Waals surface area (Å²) < 4.78 is 13.1. The largest absolute Gasteiger partial charge is 0.383 e. The van der Waals surface area contributed by atoms with Gasteiger partial charge in [0.05, 0.1) is 12.0 Å². The summed E-state index contributed by atoms with van der Waals surface area (Å²) in [5.74, 6) is -0.308. The number of aliphatic hydroxyl groups excluding tert-OH is 1. The van der Waals surface area contributed by atoms with Gasteiger partial charge in [-0.05, 0) is 65.1 Å². The van der Waals surface area contributed by atoms with Crippen LogP contribution in [0.1, 0.15) is 39.8 Å². The summed E-state index contributed by atoms with van der Waals surface area (Å²) in [6.45, 7) is 0.433. The lowest BCUT2D eigenvalue weighted by Crippen LogP contribution is -2.34. The number of thiophene rings is 2. The Balaban J connectivity index is 1.40. The molecule has 0 aliphatic heterocycles. The predicted octanol–water partition coefficient (Wildman–Crippen LogP) is 4.38. The molecule has 1 atom stereocenters. The van der Waals surface area contributed by atoms with Gasteiger partial charge in [-0.2, -0.15) is 11.3 Å². The van der Waals surface area contributed by atoms with E-state index in [-0.39, 0.29) is 11.7 Å². The van der Waals surface area contributed by atoms with Gasteiger partial charge in [0.25, 0.3) is 0 Å². The molecule has 0 radical (unpaired) electrons. The number of aliphatic hydroxyl groups is 1. The lowest BCUT2D eigenvalue weighted by molar-refractivity contribution is -0.123. The quantitative estimate of drug-likeness (QED) is 0.659. The maximum atomic E-state index is 13.1. The van der Waals surface area contributed by atoms with E-state index < -0.39 is 11.5 Å². The maximum Gasteiger partial charge on any atom is 0.230 e. The standard InChI is InChI=1S/C20H18FNO2S2/c21-15-3-1-14(2-4-15)20(8-9-20)19(24)22-11-16-5-6-17(26-16)18(23)13-7-10-25-12-13/h1-7,10,12,18,23H,8-9,11H2,(H,22,24). The van der Waals surface area contributed by atoms with Crippen molar-refractivity contribution in [3.63, 3.8) is 0 Å². The SMILES string of the molecule is O=C(NCc1ccc(C(O)c2ccsc2)s1)C1(c2ccc(F)cc2)CC1. The number of hydrogen-bond donors (Lipinski definition) is 2. The van der Waals surface area contributed by atoms with E-state index in [0.717, 1.165) is 33.7 Å². The van der Waals surface area contributed by atoms with Crippen LogP contribution in [0.15, 0.2) is 53.2 Å². The Morgan fingerprint density at radius 2 is 1.96 bits per heavy atom. The van der Waals surface area contributed by atoms with Crippen molar-refractivity contribution in [2.24, 2.45) is 0 Å². The molecule has 2 N–H and O–H groups in total. The van der Waals surface area contributed by atoms with Crippen LogP contribution in [0.25, 0.3) is 0 Å². The van der Waals surface area contributed by atoms with Crippen LogP contribution in [0.3, 0.4) is 0 Å². The monoisotopic (exact) mass is 387 g/mol. The molecule has 1 amide bonds. The fraction of sp³-hybridized carbons (Fsp3) is 0.250. The lowest BCUT2D eigenvalue weighted by Gasteiger charge is -2.15. The van der Waals surface area contributed by atoms with Crippen molar-refractivity contribution >= 4 is 28.6 Å². The van der Waals surface area contributed by atoms with Gasteiger partial charge < -0.3 is 10.4 Å². The molecule has 2 heterocycles. The number of amides is 1. The summed E-state index contributed by atoms with van der Waals surface area (Å²) >= 11 is 3.06. The van der Waals surface area contributed by atoms with Crippen molar-refractivity contribution < 1.29 is 14.3 Å². The van der Waals surface area contributed by atoms with Crippen LogP contribution in [-0.4, -0.2) is 11.0 Å². The summed E-state index contributed by atoms with van der Waals surface area (Å²) in [4.78, 5) is 14.5. The van der Waals surface area contributed by atoms with Gasteiger partial charge in [-0.15, -0.1) is 11.3 Å². The average Bonchev–Trinajstić information content (AvgIpc) is 3.08. The first-order chi connectivity index (χ1) is 12.6. The molecule has 26 heavy (non-hydrogen) atoms. The van der Waals surface area contributed by atoms with Crippen LogP contribution in [0.2, 0.25) is 0 Å². The summed E-state index contributed by atoms with van der Waals surface area (Å²) in [5.41, 5.74) is 1.25. The van der Waals surface area contributed by atoms with E-state index in [1.54, 1.807) is 23.5 Å². The fourth-order valence-electron chi connectivity index (χ4n) is 3.11. The zero-order valence-electron chi connectivity index (χ0n) is 13.9. The van der Waals surface area contributed by atoms with Crippen molar-refractivity contribution in [3.8, 4) is 0 Å². The van der Waals surface area contributed by atoms with Crippen molar-refractivity contribution in [2.45, 2.75) is 30.9 Å². The highest BCUT2D eigenvalue weighted by atomic mass is 32.1. The van der Waals surface area contributed by atoms with Crippen LogP contribution in [-0.2, 0) is 16.8 Å². The van der Waals surface area contributed by atoms with Crippen LogP contribution < -0.4 is 5.32 Å². The highest BCUT2D eigenvalue weighted by Crippen LogP contribution is 2.48. The number of hydrogen-bond acceptors (Lipinski definition) is 4. The number of nitrogens with one attached hydrogen (secondary N) is 1. The van der Waals surface area contributed by atoms with E-state index in [1.165, 1.54) is 23.5 Å². The molecule has 6 heteroatoms. The van der Waals surface area contributed by atoms with Gasteiger partial charge in [-0.25, -0.2) is 4.39 Å². The van der Waals surface area contributed by atoms with Gasteiger partial charge in [0, 0.05) is 9.75 Å². The summed E-state index contributed by atoms with van der Waals surface area (Å²) in [7, 11) is 0. The van der Waals surface area contributed by atoms with Gasteiger partial charge in [-0.1, -0.05) is 12.1 Å². The van der Waals surface area contributed by atoms with Crippen LogP contribution >= 0.6 is 22.7 Å². The molecular weight excluding hydrogens is 369 g/mol. The number of carbonyl (C=O) groups excluding carboxylic acids is 1. The molecule has 4 rings (SSSR count). The third-order valence-electron chi connectivity index (χ3n) is 4.82. The van der Waals surface area contributed by atoms with Gasteiger partial charge in [0.15, 0.2) is 0 Å². The third-order valence-corrected chi connectivity index (χ3v) is 6.65. The Labute approximate surface area is 159 Å². The lowest BCUT2D eigenvalue weighted by atomic mass is 9.95. The first kappa shape index (κ1) is 17.4. The van der Waals surface area contributed by atoms with E-state index in [9.17, 15) is 14.3 Å². The minimum atomic E-state index is -0.621. The Morgan fingerprint density at radius 1 is 1.19 bits per heavy atom. The van der Waals surface area contributed by atoms with Gasteiger partial charge >= 0.3 is 0 Å². The molecule has 2 aromatic heterocycles. The molecule has 134 valence electrons. The van der Waals surface area contributed by atoms with Crippen molar-refractivity contribution in [2.75, 3.05) is 0 Å². The first-order valence-corrected chi connectivity index (χ1v) is 10.2. The molecule has 1 saturated carbocycles. The van der Waals surface area contributed by atoms with Crippen LogP contribution in [0.5, 0.6) is 0 Å². The van der Waals surface area contributed by atoms with Gasteiger partial charge in [0.1, 0.15) is 11.9 Å². The minimum absolute atomic E-state index is 0.0163. The highest BCUT2D eigenvalue weighted by Gasteiger charge is 2.51. The number of halogens is 1. The predicted molar refractivity (Wildman–Crippen MR) is 102 cm³/mol. The van der Waals surface area contributed by atoms with Gasteiger partial charge in [0.2, 0.25) is 5.91 Å². The molecule has 1 aliphatic carbocycles. The Bertz CT molecular complexity index is 898. The van der Waals surface area contributed by atoms with Crippen LogP contribution in [0.4, 0.5) is 4.39 Å². The van der Waals surface area contributed by atoms with Crippen molar-refractivity contribution in [1.82, 2.24) is 5.32 Å². The molecule has 0 bridgehead atoms. The van der Waals surface area contributed by atoms with Crippen molar-refractivity contribution in [1.29, 1.82) is 0 Å². The van der Waals surface area contributed by atoms with Gasteiger partial charge in [-0.3, -0.25) is 4.79 Å². The van der Waals surface area contributed by atoms with E-state index in [0.29, 0.717) is 6.54 Å². The minimum Gasteiger partial charge on any atom is -0.383 e. The smallest absolute Gasteiger partial charge is 0.230 e. The number of rotatable bonds is 6. The summed E-state index contributed by atoms with van der Waals surface area (Å²) in [6, 6.07) is 12.0. The van der Waals surface area contributed by atoms with E-state index >= 15 is 0 Å². The first-order valence-electron chi connectivity index (χ1n) is 8.42. The molecule has 1 fully saturated rings. The Hall–Kier alpha value is -2.02. The number of benzene rings is 1. The Kier molecular flexibility index (Phi) is 4.65. The zero-order valence-corrected chi connectivity index (χ0v) is 15.6. The van der Waals surface area contributed by atoms with E-state index in [4.69, 9.17) is 0 Å². The normalized spacial score (nSPS) is 16.2. The van der Waals surface area contributed by atoms with Crippen molar-refractivity contribution in [3.05, 3.63) is 79.9 Å².